The van der Waals surface area contributed by atoms with Gasteiger partial charge in [-0.1, -0.05) is 108 Å². The predicted molar refractivity (Wildman–Crippen MR) is 145 cm³/mol. The monoisotopic (exact) mass is 530 g/mol. The molecule has 0 spiro atoms. The lowest BCUT2D eigenvalue weighted by Gasteiger charge is -2.43. The van der Waals surface area contributed by atoms with Gasteiger partial charge in [-0.25, -0.2) is 0 Å². The molecule has 1 aliphatic carbocycles. The number of carboxylic acids is 2. The fourth-order valence-corrected chi connectivity index (χ4v) is 6.65. The Kier molecular flexibility index (Phi) is 6.80. The Hall–Kier alpha value is -3.60. The highest BCUT2D eigenvalue weighted by molar-refractivity contribution is 6.34. The van der Waals surface area contributed by atoms with E-state index >= 15 is 0 Å². The second-order valence-electron chi connectivity index (χ2n) is 9.35. The molecule has 2 unspecified atom stereocenters. The summed E-state index contributed by atoms with van der Waals surface area (Å²) >= 11 is 13.7. The molecule has 186 valence electrons. The van der Waals surface area contributed by atoms with E-state index < -0.39 is 29.2 Å². The lowest BCUT2D eigenvalue weighted by atomic mass is 9.58. The van der Waals surface area contributed by atoms with Gasteiger partial charge in [0.05, 0.1) is 17.3 Å². The molecule has 0 saturated carbocycles. The van der Waals surface area contributed by atoms with E-state index in [4.69, 9.17) is 23.2 Å². The summed E-state index contributed by atoms with van der Waals surface area (Å²) in [5.41, 5.74) is 2.47. The third-order valence-electron chi connectivity index (χ3n) is 7.41. The van der Waals surface area contributed by atoms with Gasteiger partial charge in [-0.2, -0.15) is 0 Å². The molecule has 0 bridgehead atoms. The first-order valence-corrected chi connectivity index (χ1v) is 12.7. The van der Waals surface area contributed by atoms with Crippen molar-refractivity contribution in [3.63, 3.8) is 0 Å². The van der Waals surface area contributed by atoms with Crippen LogP contribution >= 0.6 is 23.2 Å². The Balaban J connectivity index is 1.88. The molecule has 4 aromatic carbocycles. The molecule has 6 heteroatoms. The molecule has 2 N–H and O–H groups in total. The molecule has 0 aliphatic heterocycles. The molecule has 0 heterocycles. The third-order valence-corrected chi connectivity index (χ3v) is 8.04. The van der Waals surface area contributed by atoms with Gasteiger partial charge in [0.15, 0.2) is 0 Å². The standard InChI is InChI=1S/C31H24Cl2O4/c32-25-15-7-13-21-22-14-8-16-26(33)28(22)31(27(21)25,23(29(34)35)17-19-9-3-1-4-10-19)24(30(36)37)18-20-11-5-2-6-12-20/h1-16,23-24H,17-18H2,(H,34,35)(H,36,37). The molecule has 0 fully saturated rings. The molecule has 1 aliphatic rings. The number of fused-ring (bicyclic) bond motifs is 3. The van der Waals surface area contributed by atoms with Crippen LogP contribution in [0, 0.1) is 11.8 Å². The summed E-state index contributed by atoms with van der Waals surface area (Å²) in [4.78, 5) is 26.5. The van der Waals surface area contributed by atoms with E-state index in [-0.39, 0.29) is 12.8 Å². The maximum absolute atomic E-state index is 13.2. The molecule has 5 rings (SSSR count). The normalized spacial score (nSPS) is 14.9. The zero-order valence-corrected chi connectivity index (χ0v) is 21.3. The Labute approximate surface area is 225 Å². The second-order valence-corrected chi connectivity index (χ2v) is 10.2. The topological polar surface area (TPSA) is 74.6 Å². The summed E-state index contributed by atoms with van der Waals surface area (Å²) in [6.45, 7) is 0. The predicted octanol–water partition coefficient (Wildman–Crippen LogP) is 7.15. The van der Waals surface area contributed by atoms with Crippen molar-refractivity contribution in [2.45, 2.75) is 18.3 Å². The smallest absolute Gasteiger partial charge is 0.308 e. The van der Waals surface area contributed by atoms with Gasteiger partial charge < -0.3 is 10.2 Å². The first kappa shape index (κ1) is 25.1. The molecular weight excluding hydrogens is 507 g/mol. The number of halogens is 2. The summed E-state index contributed by atoms with van der Waals surface area (Å²) in [7, 11) is 0. The van der Waals surface area contributed by atoms with Gasteiger partial charge in [0.25, 0.3) is 0 Å². The molecule has 0 radical (unpaired) electrons. The van der Waals surface area contributed by atoms with Crippen LogP contribution in [0.2, 0.25) is 10.0 Å². The van der Waals surface area contributed by atoms with Crippen LogP contribution in [0.4, 0.5) is 0 Å². The number of aliphatic carboxylic acids is 2. The van der Waals surface area contributed by atoms with Gasteiger partial charge in [0.2, 0.25) is 0 Å². The molecule has 4 aromatic rings. The van der Waals surface area contributed by atoms with Crippen LogP contribution in [0.5, 0.6) is 0 Å². The van der Waals surface area contributed by atoms with Crippen molar-refractivity contribution in [3.05, 3.63) is 129 Å². The number of hydrogen-bond acceptors (Lipinski definition) is 2. The van der Waals surface area contributed by atoms with Gasteiger partial charge in [-0.15, -0.1) is 0 Å². The fraction of sp³-hybridized carbons (Fsp3) is 0.161. The quantitative estimate of drug-likeness (QED) is 0.253. The molecule has 37 heavy (non-hydrogen) atoms. The average molecular weight is 531 g/mol. The van der Waals surface area contributed by atoms with Crippen molar-refractivity contribution in [2.75, 3.05) is 0 Å². The van der Waals surface area contributed by atoms with Crippen molar-refractivity contribution in [2.24, 2.45) is 11.8 Å². The van der Waals surface area contributed by atoms with Crippen molar-refractivity contribution in [3.8, 4) is 11.1 Å². The van der Waals surface area contributed by atoms with Crippen LogP contribution in [-0.4, -0.2) is 22.2 Å². The van der Waals surface area contributed by atoms with Crippen LogP contribution < -0.4 is 0 Å². The SMILES string of the molecule is O=C(O)C(Cc1ccccc1)C1(C(Cc2ccccc2)C(=O)O)c2c(Cl)cccc2-c2cccc(Cl)c21. The maximum atomic E-state index is 13.2. The number of rotatable bonds is 8. The van der Waals surface area contributed by atoms with Crippen molar-refractivity contribution >= 4 is 35.1 Å². The largest absolute Gasteiger partial charge is 0.481 e. The molecule has 4 nitrogen and oxygen atoms in total. The third kappa shape index (κ3) is 4.20. The molecule has 2 atom stereocenters. The Bertz CT molecular complexity index is 1350. The maximum Gasteiger partial charge on any atom is 0.308 e. The highest BCUT2D eigenvalue weighted by Gasteiger charge is 2.60. The number of carbonyl (C=O) groups is 2. The van der Waals surface area contributed by atoms with Crippen molar-refractivity contribution in [1.29, 1.82) is 0 Å². The van der Waals surface area contributed by atoms with E-state index in [1.165, 1.54) is 0 Å². The summed E-state index contributed by atoms with van der Waals surface area (Å²) in [5, 5.41) is 22.3. The van der Waals surface area contributed by atoms with Crippen LogP contribution in [0.1, 0.15) is 22.3 Å². The lowest BCUT2D eigenvalue weighted by molar-refractivity contribution is -0.150. The van der Waals surface area contributed by atoms with E-state index in [0.717, 1.165) is 11.1 Å². The minimum atomic E-state index is -1.54. The van der Waals surface area contributed by atoms with Gasteiger partial charge >= 0.3 is 11.9 Å². The molecule has 0 amide bonds. The Morgan fingerprint density at radius 2 is 0.973 bits per heavy atom. The van der Waals surface area contributed by atoms with Crippen molar-refractivity contribution < 1.29 is 19.8 Å². The minimum absolute atomic E-state index is 0.101. The Morgan fingerprint density at radius 1 is 0.595 bits per heavy atom. The van der Waals surface area contributed by atoms with E-state index in [0.29, 0.717) is 32.3 Å². The van der Waals surface area contributed by atoms with Gasteiger partial charge in [-0.05, 0) is 58.4 Å². The zero-order chi connectivity index (χ0) is 26.2. The van der Waals surface area contributed by atoms with Crippen LogP contribution in [0.3, 0.4) is 0 Å². The van der Waals surface area contributed by atoms with Crippen LogP contribution in [-0.2, 0) is 27.8 Å². The van der Waals surface area contributed by atoms with Gasteiger partial charge in [0.1, 0.15) is 0 Å². The number of hydrogen-bond donors (Lipinski definition) is 2. The summed E-state index contributed by atoms with van der Waals surface area (Å²) in [6.07, 6.45) is 0.203. The average Bonchev–Trinajstić information content (AvgIpc) is 3.20. The van der Waals surface area contributed by atoms with E-state index in [2.05, 4.69) is 0 Å². The lowest BCUT2D eigenvalue weighted by Crippen LogP contribution is -2.50. The molecular formula is C31H24Cl2O4. The molecule has 0 saturated heterocycles. The first-order valence-electron chi connectivity index (χ1n) is 12.0. The summed E-state index contributed by atoms with van der Waals surface area (Å²) < 4.78 is 0. The summed E-state index contributed by atoms with van der Waals surface area (Å²) in [5.74, 6) is -4.55. The Morgan fingerprint density at radius 3 is 1.32 bits per heavy atom. The summed E-state index contributed by atoms with van der Waals surface area (Å²) in [6, 6.07) is 29.2. The highest BCUT2D eigenvalue weighted by Crippen LogP contribution is 2.61. The van der Waals surface area contributed by atoms with Crippen LogP contribution in [0.15, 0.2) is 97.1 Å². The van der Waals surface area contributed by atoms with Crippen LogP contribution in [0.25, 0.3) is 11.1 Å². The second kappa shape index (κ2) is 10.0. The van der Waals surface area contributed by atoms with Gasteiger partial charge in [-0.3, -0.25) is 9.59 Å². The number of carboxylic acid groups (broad SMARTS) is 2. The van der Waals surface area contributed by atoms with E-state index in [1.807, 2.05) is 72.8 Å². The van der Waals surface area contributed by atoms with Crippen molar-refractivity contribution in [1.82, 2.24) is 0 Å². The van der Waals surface area contributed by atoms with E-state index in [9.17, 15) is 19.8 Å². The highest BCUT2D eigenvalue weighted by atomic mass is 35.5. The number of benzene rings is 4. The van der Waals surface area contributed by atoms with E-state index in [1.54, 1.807) is 24.3 Å². The fourth-order valence-electron chi connectivity index (χ4n) is 5.99. The first-order chi connectivity index (χ1) is 17.9. The minimum Gasteiger partial charge on any atom is -0.481 e. The van der Waals surface area contributed by atoms with Gasteiger partial charge in [0, 0.05) is 10.0 Å². The zero-order valence-electron chi connectivity index (χ0n) is 19.8. The molecule has 0 aromatic heterocycles.